The number of carboxylic acid groups (broad SMARTS) is 1. The van der Waals surface area contributed by atoms with E-state index in [1.54, 1.807) is 11.0 Å². The Labute approximate surface area is 235 Å². The van der Waals surface area contributed by atoms with E-state index in [2.05, 4.69) is 24.8 Å². The minimum atomic E-state index is -1.05. The van der Waals surface area contributed by atoms with Gasteiger partial charge in [-0.1, -0.05) is 23.5 Å². The molecule has 4 rings (SSSR count). The Bertz CT molecular complexity index is 1110. The fourth-order valence-corrected chi connectivity index (χ4v) is 6.21. The summed E-state index contributed by atoms with van der Waals surface area (Å²) >= 11 is 1.13. The van der Waals surface area contributed by atoms with Gasteiger partial charge in [0.15, 0.2) is 0 Å². The van der Waals surface area contributed by atoms with E-state index >= 15 is 0 Å². The summed E-state index contributed by atoms with van der Waals surface area (Å²) in [4.78, 5) is 28.9. The van der Waals surface area contributed by atoms with E-state index in [9.17, 15) is 19.8 Å². The zero-order valence-corrected chi connectivity index (χ0v) is 24.4. The fourth-order valence-electron chi connectivity index (χ4n) is 5.37. The largest absolute Gasteiger partial charge is 0.477 e. The molecule has 216 valence electrons. The number of aromatic carboxylic acids is 1. The Morgan fingerprint density at radius 3 is 2.51 bits per heavy atom. The van der Waals surface area contributed by atoms with Crippen molar-refractivity contribution in [2.75, 3.05) is 24.7 Å². The number of carbonyl (C=O) groups is 2. The molecule has 1 aromatic heterocycles. The minimum absolute atomic E-state index is 0. The maximum atomic E-state index is 14.0. The van der Waals surface area contributed by atoms with Crippen molar-refractivity contribution in [2.24, 2.45) is 11.3 Å². The van der Waals surface area contributed by atoms with Crippen molar-refractivity contribution in [3.8, 4) is 11.8 Å². The molecule has 8 nitrogen and oxygen atoms in total. The van der Waals surface area contributed by atoms with Crippen molar-refractivity contribution in [2.45, 2.75) is 96.8 Å². The van der Waals surface area contributed by atoms with Gasteiger partial charge in [0.25, 0.3) is 0 Å². The van der Waals surface area contributed by atoms with Gasteiger partial charge in [0.1, 0.15) is 4.88 Å². The number of ether oxygens (including phenoxy) is 2. The topological polar surface area (TPSA) is 128 Å². The van der Waals surface area contributed by atoms with Crippen LogP contribution < -0.4 is 4.90 Å². The lowest BCUT2D eigenvalue weighted by Crippen LogP contribution is -2.50. The number of rotatable bonds is 7. The maximum Gasteiger partial charge on any atom is 0.348 e. The molecule has 1 aliphatic heterocycles. The smallest absolute Gasteiger partial charge is 0.348 e. The van der Waals surface area contributed by atoms with E-state index in [1.165, 1.54) is 5.57 Å². The Hall–Kier alpha value is -2.22. The average Bonchev–Trinajstić information content (AvgIpc) is 3.53. The van der Waals surface area contributed by atoms with E-state index in [4.69, 9.17) is 9.47 Å². The quantitative estimate of drug-likeness (QED) is 0.371. The molecule has 39 heavy (non-hydrogen) atoms. The van der Waals surface area contributed by atoms with Crippen LogP contribution in [0, 0.1) is 23.2 Å². The number of hydrogen-bond donors (Lipinski definition) is 2. The second-order valence-electron chi connectivity index (χ2n) is 12.1. The number of thiophene rings is 1. The molecule has 0 unspecified atom stereocenters. The molecule has 0 bridgehead atoms. The standard InChI is InChI=1S/C30H41NO6S.H2O/c1-20-5-7-21(8-6-20)27(32)31(25-17-24(11-13-29(2,3)4)38-26(25)28(33)34)22-9-14-30(35,15-10-22)19-37-23-12-16-36-18-23;/h5,17,21-23,35H,6-10,12,14-16,18-19H2,1-4H3,(H,33,34);1H2/t21-,22-,23-,30+;/m0./s1. The monoisotopic (exact) mass is 561 g/mol. The molecule has 0 radical (unpaired) electrons. The lowest BCUT2D eigenvalue weighted by molar-refractivity contribution is -0.124. The van der Waals surface area contributed by atoms with Gasteiger partial charge >= 0.3 is 5.97 Å². The summed E-state index contributed by atoms with van der Waals surface area (Å²) in [6, 6.07) is 1.58. The van der Waals surface area contributed by atoms with Gasteiger partial charge < -0.3 is 30.1 Å². The third-order valence-corrected chi connectivity index (χ3v) is 8.71. The molecule has 4 N–H and O–H groups in total. The fraction of sp³-hybridized carbons (Fsp3) is 0.667. The first kappa shape index (κ1) is 31.3. The molecule has 0 aromatic carbocycles. The van der Waals surface area contributed by atoms with E-state index < -0.39 is 11.6 Å². The van der Waals surface area contributed by atoms with E-state index in [0.29, 0.717) is 55.9 Å². The Balaban J connectivity index is 0.00000420. The summed E-state index contributed by atoms with van der Waals surface area (Å²) < 4.78 is 11.3. The van der Waals surface area contributed by atoms with Crippen molar-refractivity contribution < 1.29 is 34.8 Å². The predicted molar refractivity (Wildman–Crippen MR) is 152 cm³/mol. The number of hydrogen-bond acceptors (Lipinski definition) is 6. The summed E-state index contributed by atoms with van der Waals surface area (Å²) in [7, 11) is 0. The first-order valence-corrected chi connectivity index (χ1v) is 14.6. The second-order valence-corrected chi connectivity index (χ2v) is 13.2. The molecular formula is C30H43NO7S. The summed E-state index contributed by atoms with van der Waals surface area (Å²) in [6.07, 6.45) is 7.41. The molecule has 3 aliphatic rings. The van der Waals surface area contributed by atoms with Crippen LogP contribution in [-0.4, -0.2) is 65.1 Å². The minimum Gasteiger partial charge on any atom is -0.477 e. The summed E-state index contributed by atoms with van der Waals surface area (Å²) in [5.74, 6) is 5.05. The highest BCUT2D eigenvalue weighted by molar-refractivity contribution is 7.15. The van der Waals surface area contributed by atoms with E-state index in [-0.39, 0.29) is 46.3 Å². The van der Waals surface area contributed by atoms with Gasteiger partial charge in [-0.05, 0) is 85.1 Å². The van der Waals surface area contributed by atoms with Crippen LogP contribution in [0.3, 0.4) is 0 Å². The summed E-state index contributed by atoms with van der Waals surface area (Å²) in [6.45, 7) is 9.61. The van der Waals surface area contributed by atoms with Gasteiger partial charge in [0.05, 0.1) is 35.5 Å². The highest BCUT2D eigenvalue weighted by atomic mass is 32.1. The number of carbonyl (C=O) groups excluding carboxylic acids is 1. The lowest BCUT2D eigenvalue weighted by atomic mass is 9.81. The number of aliphatic hydroxyl groups is 1. The van der Waals surface area contributed by atoms with Gasteiger partial charge in [-0.25, -0.2) is 4.79 Å². The van der Waals surface area contributed by atoms with Crippen LogP contribution in [-0.2, 0) is 14.3 Å². The molecule has 1 amide bonds. The van der Waals surface area contributed by atoms with Crippen molar-refractivity contribution in [3.05, 3.63) is 27.5 Å². The number of allylic oxidation sites excluding steroid dienone is 2. The molecule has 2 atom stereocenters. The molecule has 2 heterocycles. The van der Waals surface area contributed by atoms with Crippen molar-refractivity contribution in [1.29, 1.82) is 0 Å². The Morgan fingerprint density at radius 2 is 1.95 bits per heavy atom. The number of carboxylic acids is 1. The third-order valence-electron chi connectivity index (χ3n) is 7.68. The van der Waals surface area contributed by atoms with Crippen LogP contribution in [0.5, 0.6) is 0 Å². The molecule has 1 saturated carbocycles. The van der Waals surface area contributed by atoms with E-state index in [0.717, 1.165) is 30.6 Å². The molecule has 0 spiro atoms. The molecule has 2 fully saturated rings. The number of nitrogens with zero attached hydrogens (tertiary/aromatic N) is 1. The second kappa shape index (κ2) is 13.0. The molecular weight excluding hydrogens is 518 g/mol. The highest BCUT2D eigenvalue weighted by Gasteiger charge is 2.41. The van der Waals surface area contributed by atoms with Crippen LogP contribution in [0.1, 0.15) is 93.6 Å². The van der Waals surface area contributed by atoms with Crippen LogP contribution >= 0.6 is 11.3 Å². The van der Waals surface area contributed by atoms with Gasteiger partial charge in [0.2, 0.25) is 5.91 Å². The number of amides is 1. The molecule has 1 aromatic rings. The van der Waals surface area contributed by atoms with Crippen molar-refractivity contribution >= 4 is 28.9 Å². The zero-order valence-electron chi connectivity index (χ0n) is 23.5. The average molecular weight is 562 g/mol. The van der Waals surface area contributed by atoms with E-state index in [1.807, 2.05) is 20.8 Å². The van der Waals surface area contributed by atoms with Gasteiger partial charge in [-0.2, -0.15) is 0 Å². The SMILES string of the molecule is CC1=CC[C@H](C(=O)N(c2cc(C#CC(C)(C)C)sc2C(=O)O)[C@H]2CC[C@](O)(CO[C@H]3CCOC3)CC2)CC1.O. The third kappa shape index (κ3) is 8.15. The van der Waals surface area contributed by atoms with Crippen molar-refractivity contribution in [1.82, 2.24) is 0 Å². The van der Waals surface area contributed by atoms with Crippen molar-refractivity contribution in [3.63, 3.8) is 0 Å². The van der Waals surface area contributed by atoms with Crippen LogP contribution in [0.4, 0.5) is 5.69 Å². The molecule has 9 heteroatoms. The first-order chi connectivity index (χ1) is 17.9. The Morgan fingerprint density at radius 1 is 1.23 bits per heavy atom. The van der Waals surface area contributed by atoms with Crippen LogP contribution in [0.15, 0.2) is 17.7 Å². The van der Waals surface area contributed by atoms with Gasteiger partial charge in [-0.15, -0.1) is 11.3 Å². The molecule has 2 aliphatic carbocycles. The Kier molecular flexibility index (Phi) is 10.4. The van der Waals surface area contributed by atoms with Crippen LogP contribution in [0.2, 0.25) is 0 Å². The summed E-state index contributed by atoms with van der Waals surface area (Å²) in [5.41, 5.74) is 0.548. The van der Waals surface area contributed by atoms with Gasteiger partial charge in [-0.3, -0.25) is 4.79 Å². The predicted octanol–water partition coefficient (Wildman–Crippen LogP) is 4.58. The first-order valence-electron chi connectivity index (χ1n) is 13.7. The summed E-state index contributed by atoms with van der Waals surface area (Å²) in [5, 5.41) is 21.3. The highest BCUT2D eigenvalue weighted by Crippen LogP contribution is 2.40. The maximum absolute atomic E-state index is 14.0. The zero-order chi connectivity index (χ0) is 27.5. The number of anilines is 1. The van der Waals surface area contributed by atoms with Gasteiger partial charge in [0, 0.05) is 24.0 Å². The normalized spacial score (nSPS) is 27.1. The van der Waals surface area contributed by atoms with Crippen LogP contribution in [0.25, 0.3) is 0 Å². The lowest BCUT2D eigenvalue weighted by Gasteiger charge is -2.42. The molecule has 1 saturated heterocycles.